The van der Waals surface area contributed by atoms with E-state index in [0.29, 0.717) is 12.2 Å². The molecule has 0 aliphatic heterocycles. The number of ether oxygens (including phenoxy) is 1. The maximum atomic E-state index is 12.7. The van der Waals surface area contributed by atoms with Gasteiger partial charge < -0.3 is 14.6 Å². The topological polar surface area (TPSA) is 61.1 Å². The minimum atomic E-state index is -0.154. The predicted molar refractivity (Wildman–Crippen MR) is 96.0 cm³/mol. The Kier molecular flexibility index (Phi) is 4.88. The highest BCUT2D eigenvalue weighted by molar-refractivity contribution is 5.97. The first-order valence-electron chi connectivity index (χ1n) is 8.29. The average Bonchev–Trinajstić information content (AvgIpc) is 3.24. The van der Waals surface area contributed by atoms with Crippen LogP contribution in [0.15, 0.2) is 55.0 Å². The molecule has 0 aliphatic carbocycles. The number of amides is 1. The average molecular weight is 338 g/mol. The number of hydrogen-bond acceptors (Lipinski definition) is 3. The van der Waals surface area contributed by atoms with Crippen molar-refractivity contribution in [3.63, 3.8) is 0 Å². The van der Waals surface area contributed by atoms with Crippen molar-refractivity contribution in [2.75, 3.05) is 6.61 Å². The summed E-state index contributed by atoms with van der Waals surface area (Å²) in [6.07, 6.45) is 5.38. The Morgan fingerprint density at radius 2 is 1.92 bits per heavy atom. The number of carbonyl (C=O) groups is 1. The summed E-state index contributed by atoms with van der Waals surface area (Å²) >= 11 is 0. The molecule has 3 rings (SSSR count). The summed E-state index contributed by atoms with van der Waals surface area (Å²) in [5, 5.41) is 7.26. The van der Waals surface area contributed by atoms with Crippen molar-refractivity contribution >= 4 is 5.91 Å². The highest BCUT2D eigenvalue weighted by atomic mass is 16.5. The number of carbonyl (C=O) groups excluding carboxylic acids is 1. The van der Waals surface area contributed by atoms with Crippen molar-refractivity contribution in [2.24, 2.45) is 7.05 Å². The van der Waals surface area contributed by atoms with E-state index >= 15 is 0 Å². The lowest BCUT2D eigenvalue weighted by molar-refractivity contribution is 0.0940. The van der Waals surface area contributed by atoms with Gasteiger partial charge >= 0.3 is 0 Å². The predicted octanol–water partition coefficient (Wildman–Crippen LogP) is 3.10. The third kappa shape index (κ3) is 3.57. The van der Waals surface area contributed by atoms with Gasteiger partial charge in [0.15, 0.2) is 0 Å². The molecule has 1 aromatic carbocycles. The van der Waals surface area contributed by atoms with Crippen LogP contribution in [-0.2, 0) is 7.05 Å². The summed E-state index contributed by atoms with van der Waals surface area (Å²) in [6.45, 7) is 4.54. The molecule has 0 aliphatic rings. The summed E-state index contributed by atoms with van der Waals surface area (Å²) in [4.78, 5) is 12.7. The fraction of sp³-hybridized carbons (Fsp3) is 0.263. The Hall–Kier alpha value is -3.02. The SMILES string of the molecule is CCOc1ccc(C(C)NC(=O)c2cnn(C)c2-n2cccc2)cc1. The largest absolute Gasteiger partial charge is 0.494 e. The van der Waals surface area contributed by atoms with Crippen LogP contribution in [0.25, 0.3) is 5.82 Å². The smallest absolute Gasteiger partial charge is 0.257 e. The summed E-state index contributed by atoms with van der Waals surface area (Å²) in [5.74, 6) is 1.41. The molecule has 0 fully saturated rings. The second kappa shape index (κ2) is 7.25. The standard InChI is InChI=1S/C19H22N4O2/c1-4-25-16-9-7-15(8-10-16)14(2)21-18(24)17-13-20-22(3)19(17)23-11-5-6-12-23/h5-14H,4H2,1-3H3,(H,21,24). The second-order valence-corrected chi connectivity index (χ2v) is 5.79. The monoisotopic (exact) mass is 338 g/mol. The van der Waals surface area contributed by atoms with Crippen LogP contribution in [0, 0.1) is 0 Å². The second-order valence-electron chi connectivity index (χ2n) is 5.79. The maximum absolute atomic E-state index is 12.7. The van der Waals surface area contributed by atoms with Crippen LogP contribution in [-0.4, -0.2) is 26.9 Å². The molecule has 6 heteroatoms. The minimum Gasteiger partial charge on any atom is -0.494 e. The van der Waals surface area contributed by atoms with E-state index in [1.807, 2.05) is 74.3 Å². The van der Waals surface area contributed by atoms with Crippen LogP contribution in [0.2, 0.25) is 0 Å². The van der Waals surface area contributed by atoms with Crippen molar-refractivity contribution in [1.29, 1.82) is 0 Å². The van der Waals surface area contributed by atoms with Crippen LogP contribution in [0.3, 0.4) is 0 Å². The van der Waals surface area contributed by atoms with Gasteiger partial charge in [-0.1, -0.05) is 12.1 Å². The minimum absolute atomic E-state index is 0.124. The Balaban J connectivity index is 1.76. The van der Waals surface area contributed by atoms with Crippen molar-refractivity contribution in [3.05, 3.63) is 66.1 Å². The van der Waals surface area contributed by atoms with Crippen LogP contribution < -0.4 is 10.1 Å². The molecule has 0 spiro atoms. The number of aryl methyl sites for hydroxylation is 1. The lowest BCUT2D eigenvalue weighted by Crippen LogP contribution is -2.27. The molecule has 1 unspecified atom stereocenters. The fourth-order valence-electron chi connectivity index (χ4n) is 2.75. The molecule has 0 saturated carbocycles. The first-order chi connectivity index (χ1) is 12.1. The van der Waals surface area contributed by atoms with Gasteiger partial charge in [-0.3, -0.25) is 9.48 Å². The van der Waals surface area contributed by atoms with E-state index in [1.165, 1.54) is 0 Å². The van der Waals surface area contributed by atoms with Gasteiger partial charge in [-0.25, -0.2) is 0 Å². The Bertz CT molecular complexity index is 835. The summed E-state index contributed by atoms with van der Waals surface area (Å²) in [7, 11) is 1.82. The Morgan fingerprint density at radius 1 is 1.24 bits per heavy atom. The Morgan fingerprint density at radius 3 is 2.56 bits per heavy atom. The Labute approximate surface area is 147 Å². The zero-order valence-corrected chi connectivity index (χ0v) is 14.6. The van der Waals surface area contributed by atoms with E-state index in [4.69, 9.17) is 4.74 Å². The molecule has 1 N–H and O–H groups in total. The highest BCUT2D eigenvalue weighted by Crippen LogP contribution is 2.19. The molecule has 1 amide bonds. The molecule has 25 heavy (non-hydrogen) atoms. The van der Waals surface area contributed by atoms with E-state index in [0.717, 1.165) is 17.1 Å². The van der Waals surface area contributed by atoms with Crippen LogP contribution in [0.1, 0.15) is 35.8 Å². The zero-order valence-electron chi connectivity index (χ0n) is 14.6. The number of aromatic nitrogens is 3. The van der Waals surface area contributed by atoms with E-state index < -0.39 is 0 Å². The van der Waals surface area contributed by atoms with E-state index in [-0.39, 0.29) is 11.9 Å². The van der Waals surface area contributed by atoms with Crippen LogP contribution >= 0.6 is 0 Å². The number of nitrogens with one attached hydrogen (secondary N) is 1. The van der Waals surface area contributed by atoms with Crippen molar-refractivity contribution in [1.82, 2.24) is 19.7 Å². The quantitative estimate of drug-likeness (QED) is 0.751. The molecule has 6 nitrogen and oxygen atoms in total. The molecule has 2 heterocycles. The first-order valence-corrected chi connectivity index (χ1v) is 8.29. The normalized spacial score (nSPS) is 12.0. The molecule has 130 valence electrons. The van der Waals surface area contributed by atoms with Crippen molar-refractivity contribution < 1.29 is 9.53 Å². The number of hydrogen-bond donors (Lipinski definition) is 1. The van der Waals surface area contributed by atoms with Gasteiger partial charge in [0.1, 0.15) is 17.1 Å². The van der Waals surface area contributed by atoms with Gasteiger partial charge in [0.2, 0.25) is 0 Å². The fourth-order valence-corrected chi connectivity index (χ4v) is 2.75. The zero-order chi connectivity index (χ0) is 17.8. The molecule has 2 aromatic heterocycles. The molecule has 0 saturated heterocycles. The van der Waals surface area contributed by atoms with Gasteiger partial charge in [0, 0.05) is 19.4 Å². The lowest BCUT2D eigenvalue weighted by atomic mass is 10.1. The molecule has 0 radical (unpaired) electrons. The third-order valence-electron chi connectivity index (χ3n) is 4.04. The molecular formula is C19H22N4O2. The van der Waals surface area contributed by atoms with Crippen LogP contribution in [0.5, 0.6) is 5.75 Å². The van der Waals surface area contributed by atoms with Gasteiger partial charge in [-0.2, -0.15) is 5.10 Å². The third-order valence-corrected chi connectivity index (χ3v) is 4.04. The molecule has 1 atom stereocenters. The number of nitrogens with zero attached hydrogens (tertiary/aromatic N) is 3. The van der Waals surface area contributed by atoms with Crippen LogP contribution in [0.4, 0.5) is 0 Å². The van der Waals surface area contributed by atoms with E-state index in [1.54, 1.807) is 10.9 Å². The van der Waals surface area contributed by atoms with E-state index in [9.17, 15) is 4.79 Å². The van der Waals surface area contributed by atoms with Gasteiger partial charge in [-0.15, -0.1) is 0 Å². The lowest BCUT2D eigenvalue weighted by Gasteiger charge is -2.15. The van der Waals surface area contributed by atoms with Gasteiger partial charge in [0.25, 0.3) is 5.91 Å². The maximum Gasteiger partial charge on any atom is 0.257 e. The highest BCUT2D eigenvalue weighted by Gasteiger charge is 2.19. The summed E-state index contributed by atoms with van der Waals surface area (Å²) in [6, 6.07) is 11.5. The van der Waals surface area contributed by atoms with Crippen molar-refractivity contribution in [2.45, 2.75) is 19.9 Å². The first kappa shape index (κ1) is 16.8. The molecule has 0 bridgehead atoms. The van der Waals surface area contributed by atoms with Gasteiger partial charge in [-0.05, 0) is 43.7 Å². The number of benzene rings is 1. The molecule has 3 aromatic rings. The summed E-state index contributed by atoms with van der Waals surface area (Å²) in [5.41, 5.74) is 1.56. The van der Waals surface area contributed by atoms with E-state index in [2.05, 4.69) is 10.4 Å². The summed E-state index contributed by atoms with van der Waals surface area (Å²) < 4.78 is 9.02. The number of rotatable bonds is 6. The molecular weight excluding hydrogens is 316 g/mol. The van der Waals surface area contributed by atoms with Gasteiger partial charge in [0.05, 0.1) is 18.8 Å². The van der Waals surface area contributed by atoms with Crippen molar-refractivity contribution in [3.8, 4) is 11.6 Å².